The number of rotatable bonds is 4. The lowest BCUT2D eigenvalue weighted by atomic mass is 9.82. The second-order valence-corrected chi connectivity index (χ2v) is 5.69. The van der Waals surface area contributed by atoms with Gasteiger partial charge in [0.05, 0.1) is 0 Å². The number of hydrogen-bond acceptors (Lipinski definition) is 2. The molecule has 98 valence electrons. The van der Waals surface area contributed by atoms with Crippen LogP contribution >= 0.6 is 0 Å². The van der Waals surface area contributed by atoms with Crippen LogP contribution in [0, 0.1) is 0 Å². The molecule has 0 radical (unpaired) electrons. The predicted octanol–water partition coefficient (Wildman–Crippen LogP) is 2.40. The van der Waals surface area contributed by atoms with E-state index in [9.17, 15) is 0 Å². The van der Waals surface area contributed by atoms with E-state index in [2.05, 4.69) is 41.4 Å². The number of benzene rings is 1. The molecule has 1 heterocycles. The second-order valence-electron chi connectivity index (χ2n) is 5.69. The minimum Gasteiger partial charge on any atom is -0.314 e. The van der Waals surface area contributed by atoms with E-state index in [4.69, 9.17) is 0 Å². The fourth-order valence-corrected chi connectivity index (χ4v) is 3.40. The van der Waals surface area contributed by atoms with E-state index in [1.807, 2.05) is 0 Å². The molecule has 1 unspecified atom stereocenters. The first-order valence-electron chi connectivity index (χ1n) is 7.41. The highest BCUT2D eigenvalue weighted by Crippen LogP contribution is 2.32. The van der Waals surface area contributed by atoms with Gasteiger partial charge in [-0.3, -0.25) is 4.90 Å². The minimum atomic E-state index is 0.760. The number of nitrogens with zero attached hydrogens (tertiary/aromatic N) is 1. The molecule has 1 fully saturated rings. The summed E-state index contributed by atoms with van der Waals surface area (Å²) in [6.07, 6.45) is 4.01. The molecular weight excluding hydrogens is 220 g/mol. The SMILES string of the molecule is CCN(CC1CCCc2ccccc21)C1CNC1. The molecule has 3 rings (SSSR count). The number of likely N-dealkylation sites (N-methyl/N-ethyl adjacent to an activating group) is 1. The van der Waals surface area contributed by atoms with Crippen molar-refractivity contribution < 1.29 is 0 Å². The van der Waals surface area contributed by atoms with Crippen molar-refractivity contribution in [2.24, 2.45) is 0 Å². The van der Waals surface area contributed by atoms with Crippen molar-refractivity contribution in [3.05, 3.63) is 35.4 Å². The van der Waals surface area contributed by atoms with Gasteiger partial charge < -0.3 is 5.32 Å². The van der Waals surface area contributed by atoms with E-state index in [-0.39, 0.29) is 0 Å². The first-order valence-corrected chi connectivity index (χ1v) is 7.41. The van der Waals surface area contributed by atoms with Gasteiger partial charge in [-0.15, -0.1) is 0 Å². The molecule has 0 spiro atoms. The topological polar surface area (TPSA) is 15.3 Å². The number of aryl methyl sites for hydroxylation is 1. The van der Waals surface area contributed by atoms with Crippen molar-refractivity contribution in [1.82, 2.24) is 10.2 Å². The molecule has 1 aliphatic carbocycles. The number of fused-ring (bicyclic) bond motifs is 1. The first-order chi connectivity index (χ1) is 8.88. The Labute approximate surface area is 110 Å². The molecule has 1 aliphatic heterocycles. The maximum Gasteiger partial charge on any atom is 0.0345 e. The molecule has 1 atom stereocenters. The van der Waals surface area contributed by atoms with Crippen molar-refractivity contribution in [3.8, 4) is 0 Å². The quantitative estimate of drug-likeness (QED) is 0.875. The summed E-state index contributed by atoms with van der Waals surface area (Å²) in [6.45, 7) is 7.10. The first kappa shape index (κ1) is 12.2. The van der Waals surface area contributed by atoms with Crippen LogP contribution in [0.4, 0.5) is 0 Å². The largest absolute Gasteiger partial charge is 0.314 e. The summed E-state index contributed by atoms with van der Waals surface area (Å²) < 4.78 is 0. The molecule has 2 aliphatic rings. The molecular formula is C16H24N2. The van der Waals surface area contributed by atoms with Crippen molar-refractivity contribution in [2.75, 3.05) is 26.2 Å². The molecule has 2 nitrogen and oxygen atoms in total. The van der Waals surface area contributed by atoms with Gasteiger partial charge in [-0.25, -0.2) is 0 Å². The van der Waals surface area contributed by atoms with Crippen LogP contribution in [0.1, 0.15) is 36.8 Å². The fraction of sp³-hybridized carbons (Fsp3) is 0.625. The third kappa shape index (κ3) is 2.32. The lowest BCUT2D eigenvalue weighted by Gasteiger charge is -2.40. The predicted molar refractivity (Wildman–Crippen MR) is 76.0 cm³/mol. The molecule has 0 amide bonds. The Hall–Kier alpha value is -0.860. The summed E-state index contributed by atoms with van der Waals surface area (Å²) in [7, 11) is 0. The average molecular weight is 244 g/mol. The van der Waals surface area contributed by atoms with Crippen molar-refractivity contribution in [2.45, 2.75) is 38.1 Å². The van der Waals surface area contributed by atoms with Gasteiger partial charge in [0, 0.05) is 25.7 Å². The summed E-state index contributed by atoms with van der Waals surface area (Å²) in [5, 5.41) is 3.39. The third-order valence-corrected chi connectivity index (χ3v) is 4.63. The van der Waals surface area contributed by atoms with Crippen LogP contribution in [-0.2, 0) is 6.42 Å². The molecule has 1 aromatic rings. The molecule has 18 heavy (non-hydrogen) atoms. The Kier molecular flexibility index (Phi) is 3.67. The molecule has 1 saturated heterocycles. The summed E-state index contributed by atoms with van der Waals surface area (Å²) in [6, 6.07) is 9.85. The van der Waals surface area contributed by atoms with Gasteiger partial charge in [0.1, 0.15) is 0 Å². The van der Waals surface area contributed by atoms with Crippen molar-refractivity contribution in [1.29, 1.82) is 0 Å². The summed E-state index contributed by atoms with van der Waals surface area (Å²) >= 11 is 0. The van der Waals surface area contributed by atoms with Crippen LogP contribution in [0.5, 0.6) is 0 Å². The number of hydrogen-bond donors (Lipinski definition) is 1. The maximum atomic E-state index is 3.39. The van der Waals surface area contributed by atoms with E-state index >= 15 is 0 Å². The van der Waals surface area contributed by atoms with E-state index in [0.29, 0.717) is 0 Å². The van der Waals surface area contributed by atoms with Gasteiger partial charge in [-0.1, -0.05) is 31.2 Å². The van der Waals surface area contributed by atoms with Crippen LogP contribution in [0.25, 0.3) is 0 Å². The number of nitrogens with one attached hydrogen (secondary N) is 1. The summed E-state index contributed by atoms with van der Waals surface area (Å²) in [5.74, 6) is 0.760. The molecule has 1 aromatic carbocycles. The average Bonchev–Trinajstić information content (AvgIpc) is 2.36. The van der Waals surface area contributed by atoms with Crippen LogP contribution < -0.4 is 5.32 Å². The normalized spacial score (nSPS) is 23.8. The zero-order chi connectivity index (χ0) is 12.4. The highest BCUT2D eigenvalue weighted by molar-refractivity contribution is 5.32. The Morgan fingerprint density at radius 3 is 2.83 bits per heavy atom. The van der Waals surface area contributed by atoms with Gasteiger partial charge in [0.25, 0.3) is 0 Å². The Morgan fingerprint density at radius 2 is 2.11 bits per heavy atom. The minimum absolute atomic E-state index is 0.760. The molecule has 0 bridgehead atoms. The Bertz CT molecular complexity index is 398. The molecule has 0 saturated carbocycles. The zero-order valence-electron chi connectivity index (χ0n) is 11.4. The van der Waals surface area contributed by atoms with Gasteiger partial charge in [0.15, 0.2) is 0 Å². The lowest BCUT2D eigenvalue weighted by Crippen LogP contribution is -2.57. The van der Waals surface area contributed by atoms with E-state index in [1.165, 1.54) is 45.4 Å². The maximum absolute atomic E-state index is 3.39. The summed E-state index contributed by atoms with van der Waals surface area (Å²) in [5.41, 5.74) is 3.21. The third-order valence-electron chi connectivity index (χ3n) is 4.63. The van der Waals surface area contributed by atoms with E-state index < -0.39 is 0 Å². The standard InChI is InChI=1S/C16H24N2/c1-2-18(15-10-17-11-15)12-14-8-5-7-13-6-3-4-9-16(13)14/h3-4,6,9,14-15,17H,2,5,7-8,10-12H2,1H3. The van der Waals surface area contributed by atoms with Crippen LogP contribution in [0.15, 0.2) is 24.3 Å². The fourth-order valence-electron chi connectivity index (χ4n) is 3.40. The second kappa shape index (κ2) is 5.41. The Morgan fingerprint density at radius 1 is 1.28 bits per heavy atom. The van der Waals surface area contributed by atoms with Crippen molar-refractivity contribution in [3.63, 3.8) is 0 Å². The van der Waals surface area contributed by atoms with Crippen LogP contribution in [0.2, 0.25) is 0 Å². The monoisotopic (exact) mass is 244 g/mol. The highest BCUT2D eigenvalue weighted by atomic mass is 15.2. The van der Waals surface area contributed by atoms with E-state index in [0.717, 1.165) is 12.0 Å². The zero-order valence-corrected chi connectivity index (χ0v) is 11.4. The molecule has 2 heteroatoms. The van der Waals surface area contributed by atoms with E-state index in [1.54, 1.807) is 11.1 Å². The van der Waals surface area contributed by atoms with Crippen molar-refractivity contribution >= 4 is 0 Å². The smallest absolute Gasteiger partial charge is 0.0345 e. The Balaban J connectivity index is 1.72. The molecule has 0 aromatic heterocycles. The van der Waals surface area contributed by atoms with Crippen LogP contribution in [-0.4, -0.2) is 37.1 Å². The molecule has 1 N–H and O–H groups in total. The lowest BCUT2D eigenvalue weighted by molar-refractivity contribution is 0.140. The highest BCUT2D eigenvalue weighted by Gasteiger charge is 2.27. The van der Waals surface area contributed by atoms with Crippen LogP contribution in [0.3, 0.4) is 0 Å². The van der Waals surface area contributed by atoms with Gasteiger partial charge in [-0.05, 0) is 42.9 Å². The van der Waals surface area contributed by atoms with Gasteiger partial charge in [-0.2, -0.15) is 0 Å². The van der Waals surface area contributed by atoms with Gasteiger partial charge in [0.2, 0.25) is 0 Å². The van der Waals surface area contributed by atoms with Gasteiger partial charge >= 0.3 is 0 Å². The summed E-state index contributed by atoms with van der Waals surface area (Å²) in [4.78, 5) is 2.67.